The summed E-state index contributed by atoms with van der Waals surface area (Å²) in [6.07, 6.45) is 1.51. The normalized spacial score (nSPS) is 14.0. The lowest BCUT2D eigenvalue weighted by atomic mass is 9.93. The van der Waals surface area contributed by atoms with Gasteiger partial charge in [0.2, 0.25) is 11.8 Å². The highest BCUT2D eigenvalue weighted by Crippen LogP contribution is 2.31. The molecule has 6 heteroatoms. The van der Waals surface area contributed by atoms with Gasteiger partial charge in [-0.1, -0.05) is 12.1 Å². The molecule has 2 amide bonds. The van der Waals surface area contributed by atoms with E-state index in [9.17, 15) is 14.0 Å². The highest BCUT2D eigenvalue weighted by Gasteiger charge is 2.24. The van der Waals surface area contributed by atoms with Crippen LogP contribution in [0.1, 0.15) is 36.8 Å². The second-order valence-electron chi connectivity index (χ2n) is 6.59. The maximum atomic E-state index is 13.0. The molecule has 2 aromatic carbocycles. The number of nitrogens with zero attached hydrogens (tertiary/aromatic N) is 2. The van der Waals surface area contributed by atoms with Crippen molar-refractivity contribution in [3.8, 4) is 6.07 Å². The van der Waals surface area contributed by atoms with Crippen molar-refractivity contribution < 1.29 is 14.0 Å². The van der Waals surface area contributed by atoms with Gasteiger partial charge < -0.3 is 10.2 Å². The van der Waals surface area contributed by atoms with Crippen LogP contribution >= 0.6 is 0 Å². The molecule has 0 unspecified atom stereocenters. The number of nitriles is 1. The summed E-state index contributed by atoms with van der Waals surface area (Å²) in [5, 5.41) is 11.6. The van der Waals surface area contributed by atoms with Crippen LogP contribution in [0.2, 0.25) is 0 Å². The summed E-state index contributed by atoms with van der Waals surface area (Å²) in [6.45, 7) is 2.41. The molecule has 2 aromatic rings. The number of amides is 2. The summed E-state index contributed by atoms with van der Waals surface area (Å²) in [6, 6.07) is 13.2. The predicted molar refractivity (Wildman–Crippen MR) is 101 cm³/mol. The van der Waals surface area contributed by atoms with Crippen molar-refractivity contribution in [2.45, 2.75) is 32.1 Å². The Morgan fingerprint density at radius 3 is 2.70 bits per heavy atom. The number of carbonyl (C=O) groups excluding carboxylic acids is 2. The molecule has 0 radical (unpaired) electrons. The van der Waals surface area contributed by atoms with E-state index in [0.29, 0.717) is 12.2 Å². The molecule has 0 fully saturated rings. The van der Waals surface area contributed by atoms with Crippen LogP contribution in [0.25, 0.3) is 0 Å². The molecule has 1 atom stereocenters. The number of anilines is 2. The average molecular weight is 365 g/mol. The third-order valence-corrected chi connectivity index (χ3v) is 4.76. The van der Waals surface area contributed by atoms with Gasteiger partial charge in [-0.25, -0.2) is 4.39 Å². The highest BCUT2D eigenvalue weighted by molar-refractivity contribution is 5.97. The van der Waals surface area contributed by atoms with Crippen molar-refractivity contribution in [2.75, 3.05) is 16.8 Å². The van der Waals surface area contributed by atoms with Crippen molar-refractivity contribution in [3.05, 3.63) is 59.4 Å². The number of carbonyl (C=O) groups is 2. The van der Waals surface area contributed by atoms with Crippen LogP contribution in [-0.2, 0) is 16.0 Å². The van der Waals surface area contributed by atoms with E-state index >= 15 is 0 Å². The Bertz CT molecular complexity index is 903. The van der Waals surface area contributed by atoms with E-state index < -0.39 is 5.92 Å². The van der Waals surface area contributed by atoms with Crippen LogP contribution < -0.4 is 10.2 Å². The standard InChI is InChI=1S/C21H20FN3O2/c1-14(21(27)24-18-7-5-17(22)6-8-18)15-4-9-19-16(13-15)3-2-12-25(19)20(26)10-11-23/h4-9,13-14H,2-3,10,12H2,1H3,(H,24,27)/t14-/m0/s1. The zero-order valence-corrected chi connectivity index (χ0v) is 15.0. The first-order valence-corrected chi connectivity index (χ1v) is 8.86. The van der Waals surface area contributed by atoms with Gasteiger partial charge in [0.05, 0.1) is 12.0 Å². The quantitative estimate of drug-likeness (QED) is 0.896. The topological polar surface area (TPSA) is 73.2 Å². The summed E-state index contributed by atoms with van der Waals surface area (Å²) in [7, 11) is 0. The second-order valence-corrected chi connectivity index (χ2v) is 6.59. The number of benzene rings is 2. The third kappa shape index (κ3) is 4.14. The van der Waals surface area contributed by atoms with Crippen LogP contribution in [0, 0.1) is 17.1 Å². The van der Waals surface area contributed by atoms with E-state index in [0.717, 1.165) is 29.7 Å². The lowest BCUT2D eigenvalue weighted by Gasteiger charge is -2.29. The fourth-order valence-corrected chi connectivity index (χ4v) is 3.24. The Morgan fingerprint density at radius 2 is 2.00 bits per heavy atom. The first-order chi connectivity index (χ1) is 13.0. The molecule has 138 valence electrons. The molecule has 0 saturated carbocycles. The van der Waals surface area contributed by atoms with Crippen LogP contribution in [0.3, 0.4) is 0 Å². The summed E-state index contributed by atoms with van der Waals surface area (Å²) in [5.41, 5.74) is 3.21. The summed E-state index contributed by atoms with van der Waals surface area (Å²) < 4.78 is 13.0. The first kappa shape index (κ1) is 18.6. The van der Waals surface area contributed by atoms with E-state index in [1.807, 2.05) is 31.2 Å². The molecule has 0 aliphatic carbocycles. The Balaban J connectivity index is 1.77. The van der Waals surface area contributed by atoms with Gasteiger partial charge in [0.25, 0.3) is 0 Å². The van der Waals surface area contributed by atoms with E-state index in [1.165, 1.54) is 24.3 Å². The van der Waals surface area contributed by atoms with Crippen LogP contribution in [0.4, 0.5) is 15.8 Å². The number of halogens is 1. The Labute approximate surface area is 157 Å². The minimum Gasteiger partial charge on any atom is -0.326 e. The Hall–Kier alpha value is -3.20. The van der Waals surface area contributed by atoms with Gasteiger partial charge in [0, 0.05) is 17.9 Å². The number of rotatable bonds is 4. The molecule has 1 N–H and O–H groups in total. The maximum Gasteiger partial charge on any atom is 0.241 e. The Morgan fingerprint density at radius 1 is 1.26 bits per heavy atom. The fourth-order valence-electron chi connectivity index (χ4n) is 3.24. The van der Waals surface area contributed by atoms with Crippen molar-refractivity contribution >= 4 is 23.2 Å². The van der Waals surface area contributed by atoms with Crippen molar-refractivity contribution in [2.24, 2.45) is 0 Å². The van der Waals surface area contributed by atoms with Crippen LogP contribution in [0.5, 0.6) is 0 Å². The van der Waals surface area contributed by atoms with E-state index in [-0.39, 0.29) is 24.1 Å². The first-order valence-electron chi connectivity index (χ1n) is 8.86. The second kappa shape index (κ2) is 8.00. The van der Waals surface area contributed by atoms with Gasteiger partial charge in [0.15, 0.2) is 0 Å². The van der Waals surface area contributed by atoms with Gasteiger partial charge in [-0.15, -0.1) is 0 Å². The number of hydrogen-bond donors (Lipinski definition) is 1. The fraction of sp³-hybridized carbons (Fsp3) is 0.286. The minimum atomic E-state index is -0.398. The van der Waals surface area contributed by atoms with Gasteiger partial charge in [-0.3, -0.25) is 9.59 Å². The summed E-state index contributed by atoms with van der Waals surface area (Å²) in [4.78, 5) is 26.3. The predicted octanol–water partition coefficient (Wildman–Crippen LogP) is 3.76. The lowest BCUT2D eigenvalue weighted by molar-refractivity contribution is -0.118. The SMILES string of the molecule is C[C@H](C(=O)Nc1ccc(F)cc1)c1ccc2c(c1)CCCN2C(=O)CC#N. The molecular weight excluding hydrogens is 345 g/mol. The number of fused-ring (bicyclic) bond motifs is 1. The monoisotopic (exact) mass is 365 g/mol. The molecule has 0 bridgehead atoms. The zero-order chi connectivity index (χ0) is 19.4. The van der Waals surface area contributed by atoms with Crippen LogP contribution in [-0.4, -0.2) is 18.4 Å². The van der Waals surface area contributed by atoms with Gasteiger partial charge >= 0.3 is 0 Å². The van der Waals surface area contributed by atoms with Crippen LogP contribution in [0.15, 0.2) is 42.5 Å². The smallest absolute Gasteiger partial charge is 0.241 e. The van der Waals surface area contributed by atoms with Gasteiger partial charge in [0.1, 0.15) is 12.2 Å². The van der Waals surface area contributed by atoms with Crippen molar-refractivity contribution in [1.29, 1.82) is 5.26 Å². The molecule has 0 spiro atoms. The number of aryl methyl sites for hydroxylation is 1. The Kier molecular flexibility index (Phi) is 5.51. The summed E-state index contributed by atoms with van der Waals surface area (Å²) >= 11 is 0. The highest BCUT2D eigenvalue weighted by atomic mass is 19.1. The van der Waals surface area contributed by atoms with Crippen molar-refractivity contribution in [3.63, 3.8) is 0 Å². The molecular formula is C21H20FN3O2. The number of nitrogens with one attached hydrogen (secondary N) is 1. The zero-order valence-electron chi connectivity index (χ0n) is 15.0. The molecule has 0 aromatic heterocycles. The largest absolute Gasteiger partial charge is 0.326 e. The molecule has 3 rings (SSSR count). The van der Waals surface area contributed by atoms with Gasteiger partial charge in [-0.05, 0) is 61.2 Å². The number of hydrogen-bond acceptors (Lipinski definition) is 3. The molecule has 27 heavy (non-hydrogen) atoms. The third-order valence-electron chi connectivity index (χ3n) is 4.76. The van der Waals surface area contributed by atoms with Crippen molar-refractivity contribution in [1.82, 2.24) is 0 Å². The molecule has 5 nitrogen and oxygen atoms in total. The molecule has 0 saturated heterocycles. The van der Waals surface area contributed by atoms with Gasteiger partial charge in [-0.2, -0.15) is 5.26 Å². The molecule has 1 aliphatic heterocycles. The summed E-state index contributed by atoms with van der Waals surface area (Å²) in [5.74, 6) is -1.14. The maximum absolute atomic E-state index is 13.0. The molecule has 1 heterocycles. The molecule has 1 aliphatic rings. The van der Waals surface area contributed by atoms with E-state index in [2.05, 4.69) is 5.32 Å². The average Bonchev–Trinajstić information content (AvgIpc) is 2.68. The van der Waals surface area contributed by atoms with E-state index in [1.54, 1.807) is 4.90 Å². The minimum absolute atomic E-state index is 0.141. The lowest BCUT2D eigenvalue weighted by Crippen LogP contribution is -2.35. The van der Waals surface area contributed by atoms with E-state index in [4.69, 9.17) is 5.26 Å².